The molecule has 0 aromatic rings. The van der Waals surface area contributed by atoms with E-state index in [1.807, 2.05) is 6.92 Å². The van der Waals surface area contributed by atoms with Crippen LogP contribution in [0, 0.1) is 11.8 Å². The van der Waals surface area contributed by atoms with Crippen molar-refractivity contribution < 1.29 is 9.90 Å². The maximum Gasteiger partial charge on any atom is 0.0671 e. The minimum absolute atomic E-state index is 0.0324. The molecule has 0 spiro atoms. The van der Waals surface area contributed by atoms with Gasteiger partial charge in [0.2, 0.25) is 0 Å². The van der Waals surface area contributed by atoms with Gasteiger partial charge in [-0.05, 0) is 23.8 Å². The molecule has 0 bridgehead atoms. The molecule has 0 radical (unpaired) electrons. The van der Waals surface area contributed by atoms with E-state index in [2.05, 4.69) is 20.4 Å². The highest BCUT2D eigenvalue weighted by Gasteiger charge is 2.10. The van der Waals surface area contributed by atoms with Gasteiger partial charge in [-0.15, -0.1) is 0 Å². The van der Waals surface area contributed by atoms with Gasteiger partial charge in [0, 0.05) is 0 Å². The lowest BCUT2D eigenvalue weighted by atomic mass is 9.90. The zero-order valence-electron chi connectivity index (χ0n) is 8.09. The molecule has 2 unspecified atom stereocenters. The Bertz CT molecular complexity index is 173. The average Bonchev–Trinajstić information content (AvgIpc) is 2.02. The molecule has 0 aliphatic rings. The average molecular weight is 169 g/mol. The van der Waals surface area contributed by atoms with E-state index in [9.17, 15) is 9.90 Å². The maximum absolute atomic E-state index is 10.4. The van der Waals surface area contributed by atoms with Gasteiger partial charge in [0.05, 0.1) is 5.97 Å². The second-order valence-electron chi connectivity index (χ2n) is 3.46. The van der Waals surface area contributed by atoms with Crippen molar-refractivity contribution in [3.05, 3.63) is 12.2 Å². The standard InChI is InChI=1S/C10H18O2/c1-5-7(2)6-8(3)9(4)10(11)12/h7-8H,4-6H2,1-3H3,(H,11,12)/p-1. The molecule has 0 amide bonds. The lowest BCUT2D eigenvalue weighted by Crippen LogP contribution is -2.27. The van der Waals surface area contributed by atoms with Gasteiger partial charge in [-0.3, -0.25) is 0 Å². The number of rotatable bonds is 5. The van der Waals surface area contributed by atoms with Gasteiger partial charge in [-0.2, -0.15) is 0 Å². The molecule has 0 N–H and O–H groups in total. The van der Waals surface area contributed by atoms with Gasteiger partial charge in [0.25, 0.3) is 0 Å². The summed E-state index contributed by atoms with van der Waals surface area (Å²) < 4.78 is 0. The third kappa shape index (κ3) is 3.56. The Morgan fingerprint density at radius 1 is 1.50 bits per heavy atom. The Balaban J connectivity index is 3.95. The molecule has 0 aromatic heterocycles. The van der Waals surface area contributed by atoms with Gasteiger partial charge in [-0.1, -0.05) is 33.8 Å². The van der Waals surface area contributed by atoms with E-state index in [0.717, 1.165) is 12.8 Å². The Morgan fingerprint density at radius 3 is 2.33 bits per heavy atom. The molecule has 0 heterocycles. The molecule has 0 saturated carbocycles. The smallest absolute Gasteiger partial charge is 0.0671 e. The van der Waals surface area contributed by atoms with Crippen molar-refractivity contribution in [3.63, 3.8) is 0 Å². The first-order chi connectivity index (χ1) is 5.49. The van der Waals surface area contributed by atoms with Gasteiger partial charge < -0.3 is 9.90 Å². The summed E-state index contributed by atoms with van der Waals surface area (Å²) in [5.74, 6) is -0.535. The number of hydrogen-bond acceptors (Lipinski definition) is 2. The molecular weight excluding hydrogens is 152 g/mol. The minimum atomic E-state index is -1.12. The van der Waals surface area contributed by atoms with Crippen molar-refractivity contribution in [1.82, 2.24) is 0 Å². The monoisotopic (exact) mass is 169 g/mol. The number of carboxylic acids is 1. The van der Waals surface area contributed by atoms with Gasteiger partial charge in [0.15, 0.2) is 0 Å². The molecule has 0 aromatic carbocycles. The van der Waals surface area contributed by atoms with Crippen LogP contribution < -0.4 is 5.11 Å². The van der Waals surface area contributed by atoms with Crippen LogP contribution in [0.4, 0.5) is 0 Å². The largest absolute Gasteiger partial charge is 0.545 e. The van der Waals surface area contributed by atoms with Crippen LogP contribution in [0.25, 0.3) is 0 Å². The second kappa shape index (κ2) is 4.96. The van der Waals surface area contributed by atoms with Crippen LogP contribution >= 0.6 is 0 Å². The molecule has 2 atom stereocenters. The summed E-state index contributed by atoms with van der Waals surface area (Å²) >= 11 is 0. The van der Waals surface area contributed by atoms with E-state index in [1.165, 1.54) is 0 Å². The number of carbonyl (C=O) groups is 1. The van der Waals surface area contributed by atoms with E-state index in [0.29, 0.717) is 5.92 Å². The Kier molecular flexibility index (Phi) is 4.64. The summed E-state index contributed by atoms with van der Waals surface area (Å²) in [4.78, 5) is 10.4. The molecule has 70 valence electrons. The molecule has 2 nitrogen and oxygen atoms in total. The number of carboxylic acid groups (broad SMARTS) is 1. The third-order valence-electron chi connectivity index (χ3n) is 2.31. The van der Waals surface area contributed by atoms with Crippen molar-refractivity contribution >= 4 is 5.97 Å². The van der Waals surface area contributed by atoms with Gasteiger partial charge >= 0.3 is 0 Å². The highest BCUT2D eigenvalue weighted by Crippen LogP contribution is 2.19. The van der Waals surface area contributed by atoms with Crippen molar-refractivity contribution in [2.24, 2.45) is 11.8 Å². The first-order valence-electron chi connectivity index (χ1n) is 4.39. The highest BCUT2D eigenvalue weighted by molar-refractivity contribution is 5.84. The van der Waals surface area contributed by atoms with Crippen LogP contribution in [-0.4, -0.2) is 5.97 Å². The highest BCUT2D eigenvalue weighted by atomic mass is 16.4. The number of hydrogen-bond donors (Lipinski definition) is 0. The SMILES string of the molecule is C=C(C(=O)[O-])C(C)CC(C)CC. The van der Waals surface area contributed by atoms with Crippen LogP contribution in [0.3, 0.4) is 0 Å². The normalized spacial score (nSPS) is 15.2. The lowest BCUT2D eigenvalue weighted by Gasteiger charge is -2.18. The van der Waals surface area contributed by atoms with E-state index in [1.54, 1.807) is 0 Å². The van der Waals surface area contributed by atoms with E-state index in [-0.39, 0.29) is 11.5 Å². The van der Waals surface area contributed by atoms with Crippen molar-refractivity contribution in [1.29, 1.82) is 0 Å². The maximum atomic E-state index is 10.4. The molecule has 2 heteroatoms. The fraction of sp³-hybridized carbons (Fsp3) is 0.700. The predicted octanol–water partition coefficient (Wildman–Crippen LogP) is 1.36. The molecule has 0 aliphatic heterocycles. The number of carbonyl (C=O) groups excluding carboxylic acids is 1. The molecule has 0 saturated heterocycles. The molecular formula is C10H17O2-. The molecule has 0 aliphatic carbocycles. The first kappa shape index (κ1) is 11.2. The fourth-order valence-electron chi connectivity index (χ4n) is 1.11. The summed E-state index contributed by atoms with van der Waals surface area (Å²) in [7, 11) is 0. The summed E-state index contributed by atoms with van der Waals surface area (Å²) in [5.41, 5.74) is 0.218. The predicted molar refractivity (Wildman–Crippen MR) is 47.4 cm³/mol. The van der Waals surface area contributed by atoms with Gasteiger partial charge in [0.1, 0.15) is 0 Å². The molecule has 0 rings (SSSR count). The molecule has 0 fully saturated rings. The Hall–Kier alpha value is -0.790. The first-order valence-corrected chi connectivity index (χ1v) is 4.39. The Morgan fingerprint density at radius 2 is 2.00 bits per heavy atom. The van der Waals surface area contributed by atoms with E-state index < -0.39 is 5.97 Å². The van der Waals surface area contributed by atoms with Crippen molar-refractivity contribution in [2.45, 2.75) is 33.6 Å². The van der Waals surface area contributed by atoms with Crippen LogP contribution in [0.1, 0.15) is 33.6 Å². The van der Waals surface area contributed by atoms with Gasteiger partial charge in [-0.25, -0.2) is 0 Å². The lowest BCUT2D eigenvalue weighted by molar-refractivity contribution is -0.299. The van der Waals surface area contributed by atoms with E-state index in [4.69, 9.17) is 0 Å². The fourth-order valence-corrected chi connectivity index (χ4v) is 1.11. The minimum Gasteiger partial charge on any atom is -0.545 e. The van der Waals surface area contributed by atoms with Crippen LogP contribution in [0.2, 0.25) is 0 Å². The zero-order valence-corrected chi connectivity index (χ0v) is 8.09. The van der Waals surface area contributed by atoms with Crippen LogP contribution in [-0.2, 0) is 4.79 Å². The summed E-state index contributed by atoms with van der Waals surface area (Å²) in [5, 5.41) is 10.4. The quantitative estimate of drug-likeness (QED) is 0.583. The Labute approximate surface area is 74.3 Å². The summed E-state index contributed by atoms with van der Waals surface area (Å²) in [6.45, 7) is 9.57. The number of aliphatic carboxylic acids is 1. The zero-order chi connectivity index (χ0) is 9.72. The van der Waals surface area contributed by atoms with Crippen LogP contribution in [0.15, 0.2) is 12.2 Å². The summed E-state index contributed by atoms with van der Waals surface area (Å²) in [6, 6.07) is 0. The van der Waals surface area contributed by atoms with Crippen LogP contribution in [0.5, 0.6) is 0 Å². The topological polar surface area (TPSA) is 40.1 Å². The van der Waals surface area contributed by atoms with Crippen molar-refractivity contribution in [3.8, 4) is 0 Å². The second-order valence-corrected chi connectivity index (χ2v) is 3.46. The third-order valence-corrected chi connectivity index (χ3v) is 2.31. The summed E-state index contributed by atoms with van der Waals surface area (Å²) in [6.07, 6.45) is 1.95. The van der Waals surface area contributed by atoms with Crippen molar-refractivity contribution in [2.75, 3.05) is 0 Å². The molecule has 12 heavy (non-hydrogen) atoms. The van der Waals surface area contributed by atoms with E-state index >= 15 is 0 Å².